The van der Waals surface area contributed by atoms with Crippen LogP contribution >= 0.6 is 0 Å². The first kappa shape index (κ1) is 15.0. The van der Waals surface area contributed by atoms with Gasteiger partial charge in [0.2, 0.25) is 10.0 Å². The molecule has 6 heteroatoms. The van der Waals surface area contributed by atoms with E-state index in [1.165, 1.54) is 4.31 Å². The first-order chi connectivity index (χ1) is 9.23. The summed E-state index contributed by atoms with van der Waals surface area (Å²) in [6, 6.07) is 5.00. The van der Waals surface area contributed by atoms with Gasteiger partial charge >= 0.3 is 5.97 Å². The Morgan fingerprint density at radius 1 is 1.25 bits per heavy atom. The first-order valence-electron chi connectivity index (χ1n) is 6.53. The lowest BCUT2D eigenvalue weighted by atomic mass is 9.99. The number of nitrogens with zero attached hydrogens (tertiary/aromatic N) is 1. The van der Waals surface area contributed by atoms with Gasteiger partial charge in [-0.1, -0.05) is 13.0 Å². The molecular weight excluding hydrogens is 278 g/mol. The van der Waals surface area contributed by atoms with Crippen molar-refractivity contribution in [2.24, 2.45) is 11.8 Å². The third-order valence-corrected chi connectivity index (χ3v) is 5.84. The fourth-order valence-electron chi connectivity index (χ4n) is 2.46. The molecule has 0 aromatic heterocycles. The van der Waals surface area contributed by atoms with Gasteiger partial charge in [0.1, 0.15) is 0 Å². The molecule has 2 atom stereocenters. The number of rotatable bonds is 3. The molecule has 5 nitrogen and oxygen atoms in total. The standard InChI is InChI=1S/C14H19NO4S/c1-9-4-5-12(6-10(9)2)20(18,19)15-7-11(3)13(8-15)14(16)17/h4-6,11,13H,7-8H2,1-3H3,(H,16,17). The second kappa shape index (κ2) is 5.18. The molecule has 1 fully saturated rings. The average Bonchev–Trinajstić information content (AvgIpc) is 2.75. The summed E-state index contributed by atoms with van der Waals surface area (Å²) in [7, 11) is -3.61. The summed E-state index contributed by atoms with van der Waals surface area (Å²) in [4.78, 5) is 11.3. The summed E-state index contributed by atoms with van der Waals surface area (Å²) in [5.41, 5.74) is 1.94. The first-order valence-corrected chi connectivity index (χ1v) is 7.97. The van der Waals surface area contributed by atoms with Crippen molar-refractivity contribution >= 4 is 16.0 Å². The lowest BCUT2D eigenvalue weighted by Crippen LogP contribution is -2.30. The van der Waals surface area contributed by atoms with Gasteiger partial charge in [-0.15, -0.1) is 0 Å². The molecule has 110 valence electrons. The number of carboxylic acid groups (broad SMARTS) is 1. The zero-order chi connectivity index (χ0) is 15.1. The molecule has 1 aliphatic rings. The quantitative estimate of drug-likeness (QED) is 0.920. The van der Waals surface area contributed by atoms with Gasteiger partial charge in [-0.3, -0.25) is 4.79 Å². The van der Waals surface area contributed by atoms with E-state index in [9.17, 15) is 13.2 Å². The molecule has 0 bridgehead atoms. The maximum Gasteiger partial charge on any atom is 0.308 e. The summed E-state index contributed by atoms with van der Waals surface area (Å²) in [5, 5.41) is 9.10. The Balaban J connectivity index is 2.32. The third kappa shape index (κ3) is 2.58. The van der Waals surface area contributed by atoms with E-state index in [1.54, 1.807) is 25.1 Å². The predicted molar refractivity (Wildman–Crippen MR) is 75.0 cm³/mol. The van der Waals surface area contributed by atoms with Crippen molar-refractivity contribution in [3.8, 4) is 0 Å². The minimum absolute atomic E-state index is 0.0474. The Morgan fingerprint density at radius 3 is 2.40 bits per heavy atom. The van der Waals surface area contributed by atoms with Crippen molar-refractivity contribution in [1.82, 2.24) is 4.31 Å². The highest BCUT2D eigenvalue weighted by atomic mass is 32.2. The SMILES string of the molecule is Cc1ccc(S(=O)(=O)N2CC(C)C(C(=O)O)C2)cc1C. The summed E-state index contributed by atoms with van der Waals surface area (Å²) in [6.07, 6.45) is 0. The van der Waals surface area contributed by atoms with Crippen LogP contribution in [-0.2, 0) is 14.8 Å². The number of hydrogen-bond donors (Lipinski definition) is 1. The van der Waals surface area contributed by atoms with Gasteiger partial charge in [0.25, 0.3) is 0 Å². The molecule has 1 saturated heterocycles. The maximum absolute atomic E-state index is 12.5. The maximum atomic E-state index is 12.5. The minimum atomic E-state index is -3.61. The van der Waals surface area contributed by atoms with Gasteiger partial charge in [0.05, 0.1) is 10.8 Å². The van der Waals surface area contributed by atoms with Gasteiger partial charge < -0.3 is 5.11 Å². The molecule has 1 heterocycles. The molecule has 1 N–H and O–H groups in total. The second-order valence-electron chi connectivity index (χ2n) is 5.49. The molecule has 0 spiro atoms. The van der Waals surface area contributed by atoms with E-state index < -0.39 is 21.9 Å². The van der Waals surface area contributed by atoms with Crippen LogP contribution in [0.25, 0.3) is 0 Å². The molecule has 1 aliphatic heterocycles. The molecule has 0 amide bonds. The van der Waals surface area contributed by atoms with Crippen LogP contribution in [-0.4, -0.2) is 36.9 Å². The Labute approximate surface area is 119 Å². The van der Waals surface area contributed by atoms with Crippen LogP contribution in [0.1, 0.15) is 18.1 Å². The van der Waals surface area contributed by atoms with Crippen LogP contribution in [0.5, 0.6) is 0 Å². The molecular formula is C14H19NO4S. The molecule has 2 unspecified atom stereocenters. The monoisotopic (exact) mass is 297 g/mol. The number of carbonyl (C=O) groups is 1. The Morgan fingerprint density at radius 2 is 1.90 bits per heavy atom. The van der Waals surface area contributed by atoms with Gasteiger partial charge in [-0.05, 0) is 43.0 Å². The van der Waals surface area contributed by atoms with Crippen molar-refractivity contribution in [2.45, 2.75) is 25.7 Å². The van der Waals surface area contributed by atoms with Crippen LogP contribution in [0.15, 0.2) is 23.1 Å². The zero-order valence-electron chi connectivity index (χ0n) is 11.8. The lowest BCUT2D eigenvalue weighted by molar-refractivity contribution is -0.142. The fourth-order valence-corrected chi connectivity index (χ4v) is 4.12. The molecule has 2 rings (SSSR count). The number of hydrogen-bond acceptors (Lipinski definition) is 3. The van der Waals surface area contributed by atoms with E-state index in [-0.39, 0.29) is 23.9 Å². The van der Waals surface area contributed by atoms with E-state index >= 15 is 0 Å². The highest BCUT2D eigenvalue weighted by Crippen LogP contribution is 2.29. The van der Waals surface area contributed by atoms with Gasteiger partial charge in [-0.25, -0.2) is 8.42 Å². The van der Waals surface area contributed by atoms with E-state index in [1.807, 2.05) is 13.8 Å². The van der Waals surface area contributed by atoms with E-state index in [0.717, 1.165) is 11.1 Å². The normalized spacial score (nSPS) is 23.9. The number of aryl methyl sites for hydroxylation is 2. The second-order valence-corrected chi connectivity index (χ2v) is 7.43. The van der Waals surface area contributed by atoms with Crippen molar-refractivity contribution in [1.29, 1.82) is 0 Å². The Bertz CT molecular complexity index is 639. The summed E-state index contributed by atoms with van der Waals surface area (Å²) >= 11 is 0. The molecule has 0 aliphatic carbocycles. The number of aliphatic carboxylic acids is 1. The van der Waals surface area contributed by atoms with Gasteiger partial charge in [0, 0.05) is 13.1 Å². The topological polar surface area (TPSA) is 74.7 Å². The summed E-state index contributed by atoms with van der Waals surface area (Å²) < 4.78 is 26.4. The summed E-state index contributed by atoms with van der Waals surface area (Å²) in [5.74, 6) is -1.74. The number of benzene rings is 1. The number of carboxylic acids is 1. The Kier molecular flexibility index (Phi) is 3.88. The molecule has 20 heavy (non-hydrogen) atoms. The molecule has 1 aromatic carbocycles. The van der Waals surface area contributed by atoms with Gasteiger partial charge in [0.15, 0.2) is 0 Å². The van der Waals surface area contributed by atoms with Gasteiger partial charge in [-0.2, -0.15) is 4.31 Å². The fraction of sp³-hybridized carbons (Fsp3) is 0.500. The van der Waals surface area contributed by atoms with Crippen molar-refractivity contribution < 1.29 is 18.3 Å². The lowest BCUT2D eigenvalue weighted by Gasteiger charge is -2.16. The van der Waals surface area contributed by atoms with Crippen LogP contribution in [0.2, 0.25) is 0 Å². The van der Waals surface area contributed by atoms with Crippen LogP contribution in [0.4, 0.5) is 0 Å². The van der Waals surface area contributed by atoms with E-state index in [2.05, 4.69) is 0 Å². The number of sulfonamides is 1. The largest absolute Gasteiger partial charge is 0.481 e. The van der Waals surface area contributed by atoms with Crippen molar-refractivity contribution in [2.75, 3.05) is 13.1 Å². The third-order valence-electron chi connectivity index (χ3n) is 4.01. The molecule has 0 saturated carbocycles. The Hall–Kier alpha value is -1.40. The van der Waals surface area contributed by atoms with Crippen LogP contribution in [0, 0.1) is 25.7 Å². The highest BCUT2D eigenvalue weighted by molar-refractivity contribution is 7.89. The van der Waals surface area contributed by atoms with Crippen molar-refractivity contribution in [3.05, 3.63) is 29.3 Å². The summed E-state index contributed by atoms with van der Waals surface area (Å²) in [6.45, 7) is 5.86. The smallest absolute Gasteiger partial charge is 0.308 e. The average molecular weight is 297 g/mol. The van der Waals surface area contributed by atoms with E-state index in [4.69, 9.17) is 5.11 Å². The van der Waals surface area contributed by atoms with Crippen molar-refractivity contribution in [3.63, 3.8) is 0 Å². The predicted octanol–water partition coefficient (Wildman–Crippen LogP) is 1.64. The van der Waals surface area contributed by atoms with Crippen LogP contribution < -0.4 is 0 Å². The minimum Gasteiger partial charge on any atom is -0.481 e. The molecule has 0 radical (unpaired) electrons. The highest BCUT2D eigenvalue weighted by Gasteiger charge is 2.40. The zero-order valence-corrected chi connectivity index (χ0v) is 12.6. The molecule has 1 aromatic rings. The van der Waals surface area contributed by atoms with Crippen LogP contribution in [0.3, 0.4) is 0 Å². The van der Waals surface area contributed by atoms with E-state index in [0.29, 0.717) is 0 Å².